The Labute approximate surface area is 240 Å². The molecule has 0 radical (unpaired) electrons. The molecule has 204 valence electrons. The Morgan fingerprint density at radius 3 is 2.38 bits per heavy atom. The Morgan fingerprint density at radius 1 is 0.923 bits per heavy atom. The molecule has 4 nitrogen and oxygen atoms in total. The van der Waals surface area contributed by atoms with E-state index in [1.54, 1.807) is 18.9 Å². The lowest BCUT2D eigenvalue weighted by molar-refractivity contribution is -0.137. The molecular formula is C33H36ClNO3S. The summed E-state index contributed by atoms with van der Waals surface area (Å²) in [5, 5.41) is 11.4. The van der Waals surface area contributed by atoms with Crippen molar-refractivity contribution in [3.8, 4) is 5.75 Å². The van der Waals surface area contributed by atoms with Crippen molar-refractivity contribution in [3.05, 3.63) is 106 Å². The molecule has 0 saturated carbocycles. The summed E-state index contributed by atoms with van der Waals surface area (Å²) in [6, 6.07) is 26.4. The van der Waals surface area contributed by atoms with Crippen molar-refractivity contribution in [2.75, 3.05) is 7.11 Å². The molecule has 0 aliphatic carbocycles. The van der Waals surface area contributed by atoms with Crippen molar-refractivity contribution in [1.82, 2.24) is 4.98 Å². The molecule has 0 saturated heterocycles. The summed E-state index contributed by atoms with van der Waals surface area (Å²) in [7, 11) is 1.66. The Kier molecular flexibility index (Phi) is 11.1. The molecule has 0 spiro atoms. The second-order valence-electron chi connectivity index (χ2n) is 9.82. The fraction of sp³-hybridized carbons (Fsp3) is 0.333. The van der Waals surface area contributed by atoms with Gasteiger partial charge in [-0.2, -0.15) is 0 Å². The summed E-state index contributed by atoms with van der Waals surface area (Å²) in [6.45, 7) is 0. The topological polar surface area (TPSA) is 59.4 Å². The quantitative estimate of drug-likeness (QED) is 0.147. The van der Waals surface area contributed by atoms with E-state index in [1.807, 2.05) is 60.7 Å². The minimum Gasteiger partial charge on any atom is -0.497 e. The molecule has 0 bridgehead atoms. The second kappa shape index (κ2) is 14.9. The minimum atomic E-state index is -0.766. The number of hydrogen-bond donors (Lipinski definition) is 1. The number of halogens is 1. The van der Waals surface area contributed by atoms with Crippen molar-refractivity contribution >= 4 is 40.2 Å². The van der Waals surface area contributed by atoms with Gasteiger partial charge in [-0.1, -0.05) is 85.5 Å². The predicted molar refractivity (Wildman–Crippen MR) is 163 cm³/mol. The van der Waals surface area contributed by atoms with Crippen LogP contribution in [0.25, 0.3) is 10.9 Å². The van der Waals surface area contributed by atoms with Crippen molar-refractivity contribution < 1.29 is 14.6 Å². The molecule has 0 amide bonds. The standard InChI is InChI=1S/C33H36ClNO3S/c1-38-27-19-17-24(18-20-27)23-39-32(22-33(36)37)28-14-9-7-12-25(28)11-5-3-2-4-6-16-31-29(34)21-26-13-8-10-15-30(26)35-31/h7-10,12-15,17-21,32H,2-6,11,16,22-23H2,1H3,(H,36,37). The van der Waals surface area contributed by atoms with E-state index in [2.05, 4.69) is 18.2 Å². The Bertz CT molecular complexity index is 1360. The number of carbonyl (C=O) groups is 1. The van der Waals surface area contributed by atoms with Crippen LogP contribution in [0.2, 0.25) is 5.02 Å². The van der Waals surface area contributed by atoms with Gasteiger partial charge in [0.15, 0.2) is 0 Å². The van der Waals surface area contributed by atoms with Gasteiger partial charge in [0, 0.05) is 16.4 Å². The maximum Gasteiger partial charge on any atom is 0.304 e. The smallest absolute Gasteiger partial charge is 0.304 e. The van der Waals surface area contributed by atoms with Gasteiger partial charge >= 0.3 is 5.97 Å². The van der Waals surface area contributed by atoms with Crippen LogP contribution < -0.4 is 4.74 Å². The molecule has 4 aromatic rings. The van der Waals surface area contributed by atoms with Gasteiger partial charge in [-0.25, -0.2) is 0 Å². The predicted octanol–water partition coefficient (Wildman–Crippen LogP) is 9.08. The van der Waals surface area contributed by atoms with Gasteiger partial charge in [-0.05, 0) is 66.6 Å². The number of unbranched alkanes of at least 4 members (excludes halogenated alkanes) is 4. The summed E-state index contributed by atoms with van der Waals surface area (Å²) >= 11 is 8.16. The third-order valence-electron chi connectivity index (χ3n) is 6.98. The first-order valence-corrected chi connectivity index (χ1v) is 15.0. The zero-order valence-corrected chi connectivity index (χ0v) is 24.0. The van der Waals surface area contributed by atoms with Crippen molar-refractivity contribution in [2.45, 2.75) is 62.4 Å². The second-order valence-corrected chi connectivity index (χ2v) is 11.4. The SMILES string of the molecule is COc1ccc(CSC(CC(=O)O)c2ccccc2CCCCCCCc2nc3ccccc3cc2Cl)cc1. The van der Waals surface area contributed by atoms with Crippen LogP contribution in [0.15, 0.2) is 78.9 Å². The number of methoxy groups -OCH3 is 1. The van der Waals surface area contributed by atoms with Crippen LogP contribution in [0.5, 0.6) is 5.75 Å². The van der Waals surface area contributed by atoms with Gasteiger partial charge < -0.3 is 9.84 Å². The van der Waals surface area contributed by atoms with Gasteiger partial charge in [0.2, 0.25) is 0 Å². The largest absolute Gasteiger partial charge is 0.497 e. The van der Waals surface area contributed by atoms with E-state index in [0.29, 0.717) is 0 Å². The first-order chi connectivity index (χ1) is 19.0. The highest BCUT2D eigenvalue weighted by Gasteiger charge is 2.19. The summed E-state index contributed by atoms with van der Waals surface area (Å²) in [5.41, 5.74) is 5.56. The number of thioether (sulfide) groups is 1. The molecule has 39 heavy (non-hydrogen) atoms. The number of aliphatic carboxylic acids is 1. The zero-order chi connectivity index (χ0) is 27.5. The molecule has 0 aliphatic rings. The summed E-state index contributed by atoms with van der Waals surface area (Å²) in [4.78, 5) is 16.5. The lowest BCUT2D eigenvalue weighted by Crippen LogP contribution is -2.07. The van der Waals surface area contributed by atoms with Gasteiger partial charge in [-0.15, -0.1) is 11.8 Å². The zero-order valence-electron chi connectivity index (χ0n) is 22.4. The maximum absolute atomic E-state index is 11.7. The number of fused-ring (bicyclic) bond motifs is 1. The summed E-state index contributed by atoms with van der Waals surface area (Å²) < 4.78 is 5.25. The van der Waals surface area contributed by atoms with E-state index >= 15 is 0 Å². The highest BCUT2D eigenvalue weighted by Crippen LogP contribution is 2.37. The molecule has 1 unspecified atom stereocenters. The number of benzene rings is 3. The fourth-order valence-corrected chi connectivity index (χ4v) is 6.37. The molecule has 0 fully saturated rings. The fourth-order valence-electron chi connectivity index (χ4n) is 4.86. The number of carboxylic acids is 1. The number of hydrogen-bond acceptors (Lipinski definition) is 4. The Hall–Kier alpha value is -3.02. The van der Waals surface area contributed by atoms with Gasteiger partial charge in [-0.3, -0.25) is 9.78 Å². The summed E-state index contributed by atoms with van der Waals surface area (Å²) in [5.74, 6) is 0.815. The molecule has 1 aromatic heterocycles. The van der Waals surface area contributed by atoms with Crippen LogP contribution >= 0.6 is 23.4 Å². The normalized spacial score (nSPS) is 11.9. The number of rotatable bonds is 15. The average molecular weight is 562 g/mol. The maximum atomic E-state index is 11.7. The molecule has 6 heteroatoms. The van der Waals surface area contributed by atoms with Crippen LogP contribution in [0.4, 0.5) is 0 Å². The third kappa shape index (κ3) is 8.74. The van der Waals surface area contributed by atoms with E-state index in [9.17, 15) is 9.90 Å². The van der Waals surface area contributed by atoms with Crippen LogP contribution in [0.3, 0.4) is 0 Å². The summed E-state index contributed by atoms with van der Waals surface area (Å²) in [6.07, 6.45) is 7.60. The van der Waals surface area contributed by atoms with Crippen molar-refractivity contribution in [2.24, 2.45) is 0 Å². The van der Waals surface area contributed by atoms with E-state index in [-0.39, 0.29) is 11.7 Å². The lowest BCUT2D eigenvalue weighted by Gasteiger charge is -2.19. The van der Waals surface area contributed by atoms with Crippen LogP contribution in [-0.4, -0.2) is 23.2 Å². The number of carboxylic acid groups (broad SMARTS) is 1. The van der Waals surface area contributed by atoms with E-state index in [4.69, 9.17) is 21.3 Å². The number of aryl methyl sites for hydroxylation is 2. The third-order valence-corrected chi connectivity index (χ3v) is 8.63. The van der Waals surface area contributed by atoms with Crippen molar-refractivity contribution in [3.63, 3.8) is 0 Å². The Balaban J connectivity index is 1.25. The molecule has 3 aromatic carbocycles. The average Bonchev–Trinajstić information content (AvgIpc) is 2.95. The van der Waals surface area contributed by atoms with E-state index in [1.165, 1.54) is 5.56 Å². The molecule has 4 rings (SSSR count). The molecule has 1 atom stereocenters. The minimum absolute atomic E-state index is 0.0833. The molecule has 0 aliphatic heterocycles. The number of aromatic nitrogens is 1. The van der Waals surface area contributed by atoms with Gasteiger partial charge in [0.25, 0.3) is 0 Å². The van der Waals surface area contributed by atoms with E-state index in [0.717, 1.165) is 89.2 Å². The van der Waals surface area contributed by atoms with Crippen LogP contribution in [-0.2, 0) is 23.4 Å². The van der Waals surface area contributed by atoms with Gasteiger partial charge in [0.05, 0.1) is 29.8 Å². The number of para-hydroxylation sites is 1. The number of nitrogens with zero attached hydrogens (tertiary/aromatic N) is 1. The van der Waals surface area contributed by atoms with Crippen LogP contribution in [0.1, 0.15) is 66.2 Å². The lowest BCUT2D eigenvalue weighted by atomic mass is 9.97. The number of pyridine rings is 1. The molecule has 1 N–H and O–H groups in total. The van der Waals surface area contributed by atoms with Gasteiger partial charge in [0.1, 0.15) is 5.75 Å². The Morgan fingerprint density at radius 2 is 1.62 bits per heavy atom. The highest BCUT2D eigenvalue weighted by molar-refractivity contribution is 7.98. The number of ether oxygens (including phenoxy) is 1. The molecule has 1 heterocycles. The molecular weight excluding hydrogens is 526 g/mol. The first kappa shape index (κ1) is 29.0. The van der Waals surface area contributed by atoms with Crippen molar-refractivity contribution in [1.29, 1.82) is 0 Å². The first-order valence-electron chi connectivity index (χ1n) is 13.6. The van der Waals surface area contributed by atoms with Crippen LogP contribution in [0, 0.1) is 0 Å². The highest BCUT2D eigenvalue weighted by atomic mass is 35.5. The van der Waals surface area contributed by atoms with E-state index < -0.39 is 5.97 Å². The monoisotopic (exact) mass is 561 g/mol.